The molecule has 2 fully saturated rings. The zero-order valence-electron chi connectivity index (χ0n) is 16.3. The van der Waals surface area contributed by atoms with Crippen LogP contribution in [0, 0.1) is 0 Å². The molecule has 3 atom stereocenters. The molecular weight excluding hydrogens is 421 g/mol. The van der Waals surface area contributed by atoms with Crippen LogP contribution in [0.4, 0.5) is 13.2 Å². The lowest BCUT2D eigenvalue weighted by Gasteiger charge is -2.32. The third-order valence-corrected chi connectivity index (χ3v) is 4.96. The number of furan rings is 1. The lowest BCUT2D eigenvalue weighted by molar-refractivity contribution is -0.192. The molecule has 168 valence electrons. The smallest absolute Gasteiger partial charge is 0.475 e. The number of rotatable bonds is 4. The van der Waals surface area contributed by atoms with Gasteiger partial charge in [0.1, 0.15) is 18.5 Å². The van der Waals surface area contributed by atoms with Gasteiger partial charge in [-0.2, -0.15) is 13.2 Å². The van der Waals surface area contributed by atoms with Gasteiger partial charge in [-0.15, -0.1) is 0 Å². The summed E-state index contributed by atoms with van der Waals surface area (Å²) in [6.07, 6.45) is 3.18. The molecule has 1 amide bonds. The third kappa shape index (κ3) is 5.82. The minimum absolute atomic E-state index is 0.0146. The van der Waals surface area contributed by atoms with Crippen LogP contribution in [0.2, 0.25) is 0 Å². The number of ether oxygens (including phenoxy) is 2. The highest BCUT2D eigenvalue weighted by atomic mass is 19.4. The van der Waals surface area contributed by atoms with Gasteiger partial charge >= 0.3 is 12.1 Å². The number of carboxylic acid groups (broad SMARTS) is 1. The molecule has 0 bridgehead atoms. The van der Waals surface area contributed by atoms with E-state index in [1.807, 2.05) is 17.0 Å². The Bertz CT molecular complexity index is 860. The molecule has 2 aromatic rings. The zero-order chi connectivity index (χ0) is 22.4. The van der Waals surface area contributed by atoms with Crippen LogP contribution in [-0.4, -0.2) is 64.4 Å². The molecule has 4 rings (SSSR count). The fourth-order valence-electron chi connectivity index (χ4n) is 3.52. The van der Waals surface area contributed by atoms with Crippen LogP contribution in [0.25, 0.3) is 0 Å². The van der Waals surface area contributed by atoms with E-state index in [9.17, 15) is 18.0 Å². The van der Waals surface area contributed by atoms with Crippen molar-refractivity contribution in [1.82, 2.24) is 9.88 Å². The maximum Gasteiger partial charge on any atom is 0.490 e. The number of fused-ring (bicyclic) bond motifs is 1. The molecule has 0 unspecified atom stereocenters. The van der Waals surface area contributed by atoms with Gasteiger partial charge < -0.3 is 23.9 Å². The number of aromatic nitrogens is 1. The fourth-order valence-corrected chi connectivity index (χ4v) is 3.52. The molecule has 2 aliphatic rings. The number of amides is 1. The van der Waals surface area contributed by atoms with E-state index >= 15 is 0 Å². The molecule has 2 aromatic heterocycles. The molecule has 8 nitrogen and oxygen atoms in total. The first-order valence-corrected chi connectivity index (χ1v) is 9.52. The molecule has 11 heteroatoms. The van der Waals surface area contributed by atoms with Gasteiger partial charge in [0.15, 0.2) is 0 Å². The van der Waals surface area contributed by atoms with Gasteiger partial charge in [-0.05, 0) is 36.6 Å². The minimum Gasteiger partial charge on any atom is -0.475 e. The average Bonchev–Trinajstić information content (AvgIpc) is 3.41. The van der Waals surface area contributed by atoms with Gasteiger partial charge in [0, 0.05) is 19.0 Å². The fraction of sp³-hybridized carbons (Fsp3) is 0.450. The van der Waals surface area contributed by atoms with Crippen LogP contribution in [-0.2, 0) is 20.9 Å². The number of carbonyl (C=O) groups excluding carboxylic acids is 1. The Balaban J connectivity index is 0.000000339. The number of likely N-dealkylation sites (tertiary alicyclic amines) is 1. The second-order valence-electron chi connectivity index (χ2n) is 7.02. The molecule has 31 heavy (non-hydrogen) atoms. The highest BCUT2D eigenvalue weighted by Crippen LogP contribution is 2.32. The number of hydrogen-bond acceptors (Lipinski definition) is 6. The van der Waals surface area contributed by atoms with Gasteiger partial charge in [0.05, 0.1) is 31.0 Å². The van der Waals surface area contributed by atoms with Crippen molar-refractivity contribution < 1.29 is 41.8 Å². The highest BCUT2D eigenvalue weighted by Gasteiger charge is 2.47. The van der Waals surface area contributed by atoms with E-state index < -0.39 is 12.1 Å². The average molecular weight is 442 g/mol. The summed E-state index contributed by atoms with van der Waals surface area (Å²) in [5, 5.41) is 7.12. The van der Waals surface area contributed by atoms with Crippen molar-refractivity contribution in [2.45, 2.75) is 43.9 Å². The number of hydrogen-bond donors (Lipinski definition) is 1. The number of aliphatic carboxylic acids is 1. The number of carbonyl (C=O) groups is 2. The quantitative estimate of drug-likeness (QED) is 0.777. The lowest BCUT2D eigenvalue weighted by atomic mass is 10.0. The van der Waals surface area contributed by atoms with E-state index in [-0.39, 0.29) is 24.2 Å². The second-order valence-corrected chi connectivity index (χ2v) is 7.02. The van der Waals surface area contributed by atoms with Crippen LogP contribution in [0.15, 0.2) is 47.5 Å². The SMILES string of the molecule is O=C(O)C(F)(F)F.O=C(c1ccoc1)N1C[C@@H](OCc2ccncc2)[C@@H]2OCCC[C@@H]21. The van der Waals surface area contributed by atoms with E-state index in [2.05, 4.69) is 4.98 Å². The van der Waals surface area contributed by atoms with Crippen LogP contribution < -0.4 is 0 Å². The Morgan fingerprint density at radius 1 is 1.26 bits per heavy atom. The summed E-state index contributed by atoms with van der Waals surface area (Å²) in [5.74, 6) is -2.77. The van der Waals surface area contributed by atoms with Crippen LogP contribution in [0.1, 0.15) is 28.8 Å². The normalized spacial score (nSPS) is 22.9. The Labute approximate surface area is 175 Å². The molecule has 2 aliphatic heterocycles. The monoisotopic (exact) mass is 442 g/mol. The predicted molar refractivity (Wildman–Crippen MR) is 99.0 cm³/mol. The summed E-state index contributed by atoms with van der Waals surface area (Å²) in [6.45, 7) is 1.77. The topological polar surface area (TPSA) is 102 Å². The van der Waals surface area contributed by atoms with Gasteiger partial charge in [-0.1, -0.05) is 0 Å². The first kappa shape index (κ1) is 22.8. The number of carboxylic acids is 1. The third-order valence-electron chi connectivity index (χ3n) is 4.96. The van der Waals surface area contributed by atoms with Crippen LogP contribution >= 0.6 is 0 Å². The lowest BCUT2D eigenvalue weighted by Crippen LogP contribution is -2.43. The maximum atomic E-state index is 12.7. The highest BCUT2D eigenvalue weighted by molar-refractivity contribution is 5.94. The van der Waals surface area contributed by atoms with Crippen molar-refractivity contribution in [3.05, 3.63) is 54.2 Å². The Kier molecular flexibility index (Phi) is 7.29. The van der Waals surface area contributed by atoms with Gasteiger partial charge in [0.2, 0.25) is 0 Å². The number of alkyl halides is 3. The second kappa shape index (κ2) is 9.92. The molecule has 4 heterocycles. The minimum atomic E-state index is -5.08. The summed E-state index contributed by atoms with van der Waals surface area (Å²) >= 11 is 0. The Morgan fingerprint density at radius 2 is 1.97 bits per heavy atom. The van der Waals surface area contributed by atoms with Crippen molar-refractivity contribution in [2.24, 2.45) is 0 Å². The Hall–Kier alpha value is -2.92. The van der Waals surface area contributed by atoms with Crippen molar-refractivity contribution in [1.29, 1.82) is 0 Å². The molecule has 1 N–H and O–H groups in total. The molecule has 0 saturated carbocycles. The molecule has 0 spiro atoms. The van der Waals surface area contributed by atoms with Crippen LogP contribution in [0.5, 0.6) is 0 Å². The van der Waals surface area contributed by atoms with Gasteiger partial charge in [-0.3, -0.25) is 9.78 Å². The molecule has 0 radical (unpaired) electrons. The van der Waals surface area contributed by atoms with E-state index in [1.54, 1.807) is 18.5 Å². The van der Waals surface area contributed by atoms with Gasteiger partial charge in [-0.25, -0.2) is 4.79 Å². The summed E-state index contributed by atoms with van der Waals surface area (Å²) in [5.41, 5.74) is 1.64. The van der Waals surface area contributed by atoms with Crippen molar-refractivity contribution in [3.8, 4) is 0 Å². The van der Waals surface area contributed by atoms with E-state index in [1.165, 1.54) is 12.5 Å². The van der Waals surface area contributed by atoms with E-state index in [0.717, 1.165) is 25.0 Å². The molecule has 0 aliphatic carbocycles. The summed E-state index contributed by atoms with van der Waals surface area (Å²) in [4.78, 5) is 27.5. The standard InChI is InChI=1S/C18H20N2O4.C2HF3O2/c21-18(14-5-9-22-12-14)20-10-16(17-15(20)2-1-8-23-17)24-11-13-3-6-19-7-4-13;3-2(4,5)1(6)7/h3-7,9,12,15-17H,1-2,8,10-11H2;(H,6,7)/t15-,16+,17+;/m0./s1. The molecule has 2 saturated heterocycles. The van der Waals surface area contributed by atoms with Crippen molar-refractivity contribution in [2.75, 3.05) is 13.2 Å². The number of pyridine rings is 1. The van der Waals surface area contributed by atoms with Gasteiger partial charge in [0.25, 0.3) is 5.91 Å². The van der Waals surface area contributed by atoms with E-state index in [0.29, 0.717) is 18.7 Å². The zero-order valence-corrected chi connectivity index (χ0v) is 16.3. The summed E-state index contributed by atoms with van der Waals surface area (Å²) in [6, 6.07) is 5.64. The first-order chi connectivity index (χ1) is 14.8. The number of nitrogens with zero attached hydrogens (tertiary/aromatic N) is 2. The summed E-state index contributed by atoms with van der Waals surface area (Å²) in [7, 11) is 0. The number of halogens is 3. The maximum absolute atomic E-state index is 12.7. The summed E-state index contributed by atoms with van der Waals surface area (Å²) < 4.78 is 48.8. The van der Waals surface area contributed by atoms with Crippen molar-refractivity contribution >= 4 is 11.9 Å². The van der Waals surface area contributed by atoms with E-state index in [4.69, 9.17) is 23.8 Å². The van der Waals surface area contributed by atoms with Crippen LogP contribution in [0.3, 0.4) is 0 Å². The molecular formula is C20H21F3N2O6. The van der Waals surface area contributed by atoms with Crippen molar-refractivity contribution in [3.63, 3.8) is 0 Å². The Morgan fingerprint density at radius 3 is 2.58 bits per heavy atom. The predicted octanol–water partition coefficient (Wildman–Crippen LogP) is 2.90. The molecule has 0 aromatic carbocycles. The first-order valence-electron chi connectivity index (χ1n) is 9.52. The largest absolute Gasteiger partial charge is 0.490 e.